The summed E-state index contributed by atoms with van der Waals surface area (Å²) in [7, 11) is 0. The molecule has 3 heterocycles. The molecule has 2 aliphatic rings. The summed E-state index contributed by atoms with van der Waals surface area (Å²) in [5.41, 5.74) is 7.46. The van der Waals surface area contributed by atoms with Crippen molar-refractivity contribution < 1.29 is 14.3 Å². The summed E-state index contributed by atoms with van der Waals surface area (Å²) >= 11 is 0. The molecule has 1 saturated heterocycles. The van der Waals surface area contributed by atoms with Crippen LogP contribution in [-0.2, 0) is 4.74 Å². The van der Waals surface area contributed by atoms with Gasteiger partial charge < -0.3 is 19.7 Å². The summed E-state index contributed by atoms with van der Waals surface area (Å²) in [5.74, 6) is 0.447. The molecule has 4 rings (SSSR count). The average molecular weight is 519 g/mol. The predicted molar refractivity (Wildman–Crippen MR) is 154 cm³/mol. The summed E-state index contributed by atoms with van der Waals surface area (Å²) in [4.78, 5) is 30.4. The lowest BCUT2D eigenvalue weighted by atomic mass is 10.0. The Labute approximate surface area is 225 Å². The van der Waals surface area contributed by atoms with E-state index in [-0.39, 0.29) is 0 Å². The van der Waals surface area contributed by atoms with E-state index < -0.39 is 11.7 Å². The van der Waals surface area contributed by atoms with E-state index in [1.807, 2.05) is 33.9 Å². The van der Waals surface area contributed by atoms with Crippen LogP contribution >= 0.6 is 0 Å². The monoisotopic (exact) mass is 518 g/mol. The SMILES string of the molecule is C=N/C=C1/CCN(c2cnc3c(c2C)N(C(=O)OC(C)(C)C)CCO3)C/C1=N/CNc1ccc(C)c(C)c1. The van der Waals surface area contributed by atoms with Crippen LogP contribution in [0.3, 0.4) is 0 Å². The number of hydrogen-bond donors (Lipinski definition) is 1. The van der Waals surface area contributed by atoms with Gasteiger partial charge in [-0.25, -0.2) is 9.78 Å². The number of anilines is 3. The number of piperidine rings is 1. The molecule has 0 spiro atoms. The van der Waals surface area contributed by atoms with Crippen LogP contribution in [0.2, 0.25) is 0 Å². The Bertz CT molecular complexity index is 1280. The fraction of sp³-hybridized carbons (Fsp3) is 0.448. The van der Waals surface area contributed by atoms with Crippen LogP contribution in [0, 0.1) is 20.8 Å². The normalized spacial score (nSPS) is 17.7. The lowest BCUT2D eigenvalue weighted by molar-refractivity contribution is 0.0566. The standard InChI is InChI=1S/C29H38N6O3/c1-19-8-9-23(14-20(19)2)32-18-33-24-17-34(11-10-22(24)15-30-7)25-16-31-27-26(21(25)3)35(12-13-37-27)28(36)38-29(4,5)6/h8-9,14-16,32H,7,10-13,17-18H2,1-6H3/b22-15-,33-24-. The summed E-state index contributed by atoms with van der Waals surface area (Å²) in [6, 6.07) is 6.31. The number of ether oxygens (including phenoxy) is 2. The Hall–Kier alpha value is -3.88. The number of hydrogen-bond acceptors (Lipinski definition) is 8. The molecule has 0 atom stereocenters. The van der Waals surface area contributed by atoms with Gasteiger partial charge in [0, 0.05) is 24.0 Å². The molecule has 2 aromatic rings. The molecule has 1 aromatic carbocycles. The number of carbonyl (C=O) groups excluding carboxylic acids is 1. The van der Waals surface area contributed by atoms with E-state index in [1.165, 1.54) is 11.1 Å². The van der Waals surface area contributed by atoms with Gasteiger partial charge >= 0.3 is 6.09 Å². The highest BCUT2D eigenvalue weighted by Crippen LogP contribution is 2.39. The van der Waals surface area contributed by atoms with Crippen molar-refractivity contribution in [2.45, 2.75) is 53.6 Å². The van der Waals surface area contributed by atoms with Gasteiger partial charge in [-0.1, -0.05) is 6.07 Å². The fourth-order valence-corrected chi connectivity index (χ4v) is 4.59. The van der Waals surface area contributed by atoms with Gasteiger partial charge in [0.05, 0.1) is 30.7 Å². The van der Waals surface area contributed by atoms with Gasteiger partial charge in [0.2, 0.25) is 5.88 Å². The molecular formula is C29H38N6O3. The second-order valence-corrected chi connectivity index (χ2v) is 10.6. The van der Waals surface area contributed by atoms with E-state index in [1.54, 1.807) is 11.1 Å². The third-order valence-corrected chi connectivity index (χ3v) is 6.69. The molecule has 1 N–H and O–H groups in total. The van der Waals surface area contributed by atoms with Gasteiger partial charge in [-0.2, -0.15) is 0 Å². The smallest absolute Gasteiger partial charge is 0.415 e. The number of aryl methyl sites for hydroxylation is 2. The maximum absolute atomic E-state index is 13.0. The molecule has 0 bridgehead atoms. The Balaban J connectivity index is 1.58. The van der Waals surface area contributed by atoms with Gasteiger partial charge in [0.1, 0.15) is 24.6 Å². The number of benzene rings is 1. The number of carbonyl (C=O) groups is 1. The fourth-order valence-electron chi connectivity index (χ4n) is 4.59. The molecule has 1 fully saturated rings. The minimum atomic E-state index is -0.597. The van der Waals surface area contributed by atoms with Crippen LogP contribution in [-0.4, -0.2) is 62.0 Å². The summed E-state index contributed by atoms with van der Waals surface area (Å²) in [5, 5.41) is 3.40. The average Bonchev–Trinajstić information content (AvgIpc) is 2.86. The van der Waals surface area contributed by atoms with Gasteiger partial charge in [-0.3, -0.25) is 14.9 Å². The topological polar surface area (TPSA) is 91.7 Å². The van der Waals surface area contributed by atoms with Gasteiger partial charge in [-0.05, 0) is 83.5 Å². The number of aliphatic imine (C=N–C) groups is 2. The summed E-state index contributed by atoms with van der Waals surface area (Å²) in [6.07, 6.45) is 3.98. The number of nitrogens with zero attached hydrogens (tertiary/aromatic N) is 5. The molecule has 202 valence electrons. The Morgan fingerprint density at radius 1 is 1.24 bits per heavy atom. The van der Waals surface area contributed by atoms with Crippen LogP contribution in [0.15, 0.2) is 46.2 Å². The molecule has 0 saturated carbocycles. The maximum Gasteiger partial charge on any atom is 0.415 e. The molecule has 0 aliphatic carbocycles. The molecule has 38 heavy (non-hydrogen) atoms. The van der Waals surface area contributed by atoms with Gasteiger partial charge in [0.15, 0.2) is 0 Å². The minimum absolute atomic E-state index is 0.370. The highest BCUT2D eigenvalue weighted by molar-refractivity contribution is 6.04. The highest BCUT2D eigenvalue weighted by Gasteiger charge is 2.33. The zero-order valence-electron chi connectivity index (χ0n) is 23.3. The van der Waals surface area contributed by atoms with Crippen LogP contribution in [0.1, 0.15) is 43.9 Å². The first kappa shape index (κ1) is 27.2. The van der Waals surface area contributed by atoms with Crippen molar-refractivity contribution >= 4 is 35.6 Å². The molecular weight excluding hydrogens is 480 g/mol. The number of rotatable bonds is 5. The van der Waals surface area contributed by atoms with Crippen molar-refractivity contribution in [2.24, 2.45) is 9.98 Å². The van der Waals surface area contributed by atoms with E-state index in [2.05, 4.69) is 59.0 Å². The maximum atomic E-state index is 13.0. The number of amides is 1. The van der Waals surface area contributed by atoms with Crippen molar-refractivity contribution in [1.82, 2.24) is 4.98 Å². The van der Waals surface area contributed by atoms with E-state index in [9.17, 15) is 4.79 Å². The largest absolute Gasteiger partial charge is 0.474 e. The van der Waals surface area contributed by atoms with Crippen molar-refractivity contribution in [3.05, 3.63) is 52.9 Å². The number of nitrogens with one attached hydrogen (secondary N) is 1. The zero-order valence-corrected chi connectivity index (χ0v) is 23.3. The summed E-state index contributed by atoms with van der Waals surface area (Å²) in [6.45, 7) is 18.0. The zero-order chi connectivity index (χ0) is 27.4. The van der Waals surface area contributed by atoms with Crippen LogP contribution in [0.5, 0.6) is 5.88 Å². The molecule has 9 heteroatoms. The van der Waals surface area contributed by atoms with Crippen molar-refractivity contribution in [3.63, 3.8) is 0 Å². The van der Waals surface area contributed by atoms with Gasteiger partial charge in [-0.15, -0.1) is 0 Å². The second kappa shape index (κ2) is 11.2. The second-order valence-electron chi connectivity index (χ2n) is 10.6. The predicted octanol–water partition coefficient (Wildman–Crippen LogP) is 5.45. The van der Waals surface area contributed by atoms with E-state index >= 15 is 0 Å². The Kier molecular flexibility index (Phi) is 8.04. The Morgan fingerprint density at radius 2 is 2.03 bits per heavy atom. The van der Waals surface area contributed by atoms with Crippen molar-refractivity contribution in [2.75, 3.05) is 48.0 Å². The van der Waals surface area contributed by atoms with E-state index in [0.717, 1.165) is 41.2 Å². The van der Waals surface area contributed by atoms with Crippen molar-refractivity contribution in [1.29, 1.82) is 0 Å². The summed E-state index contributed by atoms with van der Waals surface area (Å²) < 4.78 is 11.5. The van der Waals surface area contributed by atoms with Crippen LogP contribution in [0.4, 0.5) is 21.9 Å². The van der Waals surface area contributed by atoms with Gasteiger partial charge in [0.25, 0.3) is 0 Å². The van der Waals surface area contributed by atoms with E-state index in [4.69, 9.17) is 14.5 Å². The van der Waals surface area contributed by atoms with E-state index in [0.29, 0.717) is 37.9 Å². The molecule has 1 amide bonds. The molecule has 1 aromatic heterocycles. The minimum Gasteiger partial charge on any atom is -0.474 e. The first-order chi connectivity index (χ1) is 18.1. The van der Waals surface area contributed by atoms with Crippen LogP contribution in [0.25, 0.3) is 0 Å². The highest BCUT2D eigenvalue weighted by atomic mass is 16.6. The third-order valence-electron chi connectivity index (χ3n) is 6.69. The number of fused-ring (bicyclic) bond motifs is 1. The van der Waals surface area contributed by atoms with Crippen LogP contribution < -0.4 is 19.9 Å². The number of aromatic nitrogens is 1. The third kappa shape index (κ3) is 6.15. The first-order valence-corrected chi connectivity index (χ1v) is 12.9. The Morgan fingerprint density at radius 3 is 2.74 bits per heavy atom. The molecule has 0 radical (unpaired) electrons. The molecule has 2 aliphatic heterocycles. The van der Waals surface area contributed by atoms with Crippen molar-refractivity contribution in [3.8, 4) is 5.88 Å². The first-order valence-electron chi connectivity index (χ1n) is 12.9. The lowest BCUT2D eigenvalue weighted by Crippen LogP contribution is -2.43. The molecule has 0 unspecified atom stereocenters. The number of pyridine rings is 1. The molecule has 9 nitrogen and oxygen atoms in total. The quantitative estimate of drug-likeness (QED) is 0.530. The lowest BCUT2D eigenvalue weighted by Gasteiger charge is -2.36.